The highest BCUT2D eigenvalue weighted by atomic mass is 16.1. The van der Waals surface area contributed by atoms with Crippen molar-refractivity contribution in [3.63, 3.8) is 0 Å². The van der Waals surface area contributed by atoms with Crippen LogP contribution in [0.4, 0.5) is 0 Å². The van der Waals surface area contributed by atoms with Crippen molar-refractivity contribution in [1.82, 2.24) is 0 Å². The predicted octanol–water partition coefficient (Wildman–Crippen LogP) is 2.79. The number of fused-ring (bicyclic) bond motifs is 2. The summed E-state index contributed by atoms with van der Waals surface area (Å²) in [6.07, 6.45) is 4.76. The molecule has 2 saturated carbocycles. The summed E-state index contributed by atoms with van der Waals surface area (Å²) in [4.78, 5) is 11.5. The van der Waals surface area contributed by atoms with E-state index < -0.39 is 0 Å². The van der Waals surface area contributed by atoms with Gasteiger partial charge in [0.25, 0.3) is 0 Å². The van der Waals surface area contributed by atoms with Crippen molar-refractivity contribution in [1.29, 1.82) is 0 Å². The van der Waals surface area contributed by atoms with E-state index in [0.29, 0.717) is 11.2 Å². The molecule has 12 heavy (non-hydrogen) atoms. The molecule has 0 amide bonds. The molecule has 1 heteroatoms. The van der Waals surface area contributed by atoms with Gasteiger partial charge in [-0.15, -0.1) is 0 Å². The quantitative estimate of drug-likeness (QED) is 0.585. The number of Topliss-reactive ketones (excluding diaryl/α,β-unsaturated/α-hetero) is 1. The largest absolute Gasteiger partial charge is 0.299 e. The highest BCUT2D eigenvalue weighted by molar-refractivity contribution is 5.83. The van der Waals surface area contributed by atoms with Gasteiger partial charge in [-0.05, 0) is 43.9 Å². The SMILES string of the molecule is CC(=O)C12CCC(C1)C(C)(C)C2. The van der Waals surface area contributed by atoms with E-state index in [1.165, 1.54) is 12.8 Å². The second kappa shape index (κ2) is 2.12. The minimum absolute atomic E-state index is 0.105. The summed E-state index contributed by atoms with van der Waals surface area (Å²) in [5, 5.41) is 0. The molecule has 0 saturated heterocycles. The molecule has 2 rings (SSSR count). The molecule has 0 aromatic rings. The van der Waals surface area contributed by atoms with Crippen molar-refractivity contribution < 1.29 is 4.79 Å². The second-order valence-electron chi connectivity index (χ2n) is 5.44. The molecule has 0 aromatic heterocycles. The van der Waals surface area contributed by atoms with E-state index in [-0.39, 0.29) is 5.41 Å². The van der Waals surface area contributed by atoms with Crippen LogP contribution in [0.1, 0.15) is 46.5 Å². The van der Waals surface area contributed by atoms with Crippen molar-refractivity contribution in [3.05, 3.63) is 0 Å². The van der Waals surface area contributed by atoms with Crippen LogP contribution >= 0.6 is 0 Å². The fourth-order valence-corrected chi connectivity index (χ4v) is 3.41. The molecule has 1 nitrogen and oxygen atoms in total. The van der Waals surface area contributed by atoms with Gasteiger partial charge >= 0.3 is 0 Å². The Hall–Kier alpha value is -0.330. The zero-order valence-corrected chi connectivity index (χ0v) is 8.31. The molecule has 0 heterocycles. The predicted molar refractivity (Wildman–Crippen MR) is 48.9 cm³/mol. The van der Waals surface area contributed by atoms with E-state index >= 15 is 0 Å². The van der Waals surface area contributed by atoms with E-state index in [4.69, 9.17) is 0 Å². The van der Waals surface area contributed by atoms with Crippen LogP contribution < -0.4 is 0 Å². The first kappa shape index (κ1) is 8.28. The summed E-state index contributed by atoms with van der Waals surface area (Å²) < 4.78 is 0. The normalized spacial score (nSPS) is 43.4. The molecule has 2 unspecified atom stereocenters. The Morgan fingerprint density at radius 2 is 2.08 bits per heavy atom. The number of rotatable bonds is 1. The van der Waals surface area contributed by atoms with Crippen LogP contribution in [0.2, 0.25) is 0 Å². The molecule has 0 aliphatic heterocycles. The van der Waals surface area contributed by atoms with Crippen molar-refractivity contribution >= 4 is 5.78 Å². The van der Waals surface area contributed by atoms with Gasteiger partial charge in [0.1, 0.15) is 5.78 Å². The van der Waals surface area contributed by atoms with E-state index in [1.54, 1.807) is 6.92 Å². The fourth-order valence-electron chi connectivity index (χ4n) is 3.41. The van der Waals surface area contributed by atoms with Crippen LogP contribution in [0.3, 0.4) is 0 Å². The van der Waals surface area contributed by atoms with Gasteiger partial charge in [0.05, 0.1) is 0 Å². The summed E-state index contributed by atoms with van der Waals surface area (Å²) in [6.45, 7) is 6.42. The topological polar surface area (TPSA) is 17.1 Å². The second-order valence-corrected chi connectivity index (χ2v) is 5.44. The Morgan fingerprint density at radius 1 is 1.42 bits per heavy atom. The van der Waals surface area contributed by atoms with E-state index in [0.717, 1.165) is 18.8 Å². The molecule has 2 bridgehead atoms. The van der Waals surface area contributed by atoms with E-state index in [1.807, 2.05) is 0 Å². The Morgan fingerprint density at radius 3 is 2.33 bits per heavy atom. The van der Waals surface area contributed by atoms with Crippen molar-refractivity contribution in [2.24, 2.45) is 16.7 Å². The Labute approximate surface area is 74.5 Å². The summed E-state index contributed by atoms with van der Waals surface area (Å²) in [5.74, 6) is 1.26. The first-order valence-electron chi connectivity index (χ1n) is 4.97. The van der Waals surface area contributed by atoms with Crippen LogP contribution in [0.25, 0.3) is 0 Å². The number of hydrogen-bond donors (Lipinski definition) is 0. The van der Waals surface area contributed by atoms with Gasteiger partial charge in [-0.1, -0.05) is 13.8 Å². The molecule has 2 aliphatic rings. The molecule has 0 spiro atoms. The molecule has 0 aromatic carbocycles. The number of ketones is 1. The standard InChI is InChI=1S/C11H18O/c1-8(12)11-5-4-9(6-11)10(2,3)7-11/h9H,4-7H2,1-3H3. The first-order chi connectivity index (χ1) is 5.46. The van der Waals surface area contributed by atoms with Gasteiger partial charge in [-0.3, -0.25) is 4.79 Å². The lowest BCUT2D eigenvalue weighted by Crippen LogP contribution is -2.29. The lowest BCUT2D eigenvalue weighted by atomic mass is 9.71. The van der Waals surface area contributed by atoms with Crippen LogP contribution in [0.5, 0.6) is 0 Å². The molecule has 0 N–H and O–H groups in total. The summed E-state index contributed by atoms with van der Waals surface area (Å²) >= 11 is 0. The van der Waals surface area contributed by atoms with Gasteiger partial charge in [-0.25, -0.2) is 0 Å². The van der Waals surface area contributed by atoms with Crippen LogP contribution in [0, 0.1) is 16.7 Å². The van der Waals surface area contributed by atoms with E-state index in [9.17, 15) is 4.79 Å². The average molecular weight is 166 g/mol. The minimum atomic E-state index is 0.105. The highest BCUT2D eigenvalue weighted by Gasteiger charge is 2.56. The third kappa shape index (κ3) is 0.884. The van der Waals surface area contributed by atoms with Crippen LogP contribution in [-0.2, 0) is 4.79 Å². The van der Waals surface area contributed by atoms with Gasteiger partial charge in [0.2, 0.25) is 0 Å². The number of carbonyl (C=O) groups excluding carboxylic acids is 1. The summed E-state index contributed by atoms with van der Waals surface area (Å²) in [7, 11) is 0. The molecule has 2 aliphatic carbocycles. The molecular weight excluding hydrogens is 148 g/mol. The van der Waals surface area contributed by atoms with Crippen LogP contribution in [0.15, 0.2) is 0 Å². The fraction of sp³-hybridized carbons (Fsp3) is 0.909. The first-order valence-corrected chi connectivity index (χ1v) is 4.97. The van der Waals surface area contributed by atoms with Gasteiger partial charge < -0.3 is 0 Å². The molecule has 68 valence electrons. The van der Waals surface area contributed by atoms with Gasteiger partial charge in [0.15, 0.2) is 0 Å². The maximum atomic E-state index is 11.5. The maximum absolute atomic E-state index is 11.5. The Kier molecular flexibility index (Phi) is 1.47. The lowest BCUT2D eigenvalue weighted by molar-refractivity contribution is -0.126. The van der Waals surface area contributed by atoms with Crippen molar-refractivity contribution in [2.75, 3.05) is 0 Å². The smallest absolute Gasteiger partial charge is 0.135 e. The molecule has 0 radical (unpaired) electrons. The van der Waals surface area contributed by atoms with Crippen molar-refractivity contribution in [2.45, 2.75) is 46.5 Å². The molecule has 2 fully saturated rings. The van der Waals surface area contributed by atoms with Crippen molar-refractivity contribution in [3.8, 4) is 0 Å². The third-order valence-electron chi connectivity index (χ3n) is 4.25. The Balaban J connectivity index is 2.29. The lowest BCUT2D eigenvalue weighted by Gasteiger charge is -2.33. The summed E-state index contributed by atoms with van der Waals surface area (Å²) in [5.41, 5.74) is 0.540. The third-order valence-corrected chi connectivity index (χ3v) is 4.25. The van der Waals surface area contributed by atoms with Gasteiger partial charge in [0, 0.05) is 5.41 Å². The Bertz CT molecular complexity index is 229. The number of hydrogen-bond acceptors (Lipinski definition) is 1. The summed E-state index contributed by atoms with van der Waals surface area (Å²) in [6, 6.07) is 0. The maximum Gasteiger partial charge on any atom is 0.135 e. The van der Waals surface area contributed by atoms with E-state index in [2.05, 4.69) is 13.8 Å². The zero-order valence-electron chi connectivity index (χ0n) is 8.31. The molecule has 2 atom stereocenters. The van der Waals surface area contributed by atoms with Gasteiger partial charge in [-0.2, -0.15) is 0 Å². The number of carbonyl (C=O) groups is 1. The zero-order chi connectivity index (χ0) is 8.98. The monoisotopic (exact) mass is 166 g/mol. The highest BCUT2D eigenvalue weighted by Crippen LogP contribution is 2.62. The minimum Gasteiger partial charge on any atom is -0.299 e. The van der Waals surface area contributed by atoms with Crippen LogP contribution in [-0.4, -0.2) is 5.78 Å². The molecular formula is C11H18O. The average Bonchev–Trinajstić information content (AvgIpc) is 2.41.